The Morgan fingerprint density at radius 1 is 1.30 bits per heavy atom. The number of aromatic nitrogens is 1. The number of nitrogens with zero attached hydrogens (tertiary/aromatic N) is 1. The van der Waals surface area contributed by atoms with E-state index in [9.17, 15) is 17.6 Å². The Labute approximate surface area is 117 Å². The summed E-state index contributed by atoms with van der Waals surface area (Å²) in [4.78, 5) is 4.10. The Bertz CT molecular complexity index is 566. The molecule has 2 rings (SSSR count). The zero-order valence-electron chi connectivity index (χ0n) is 10.5. The molecule has 2 nitrogen and oxygen atoms in total. The Kier molecular flexibility index (Phi) is 4.39. The molecule has 1 aromatic heterocycles. The van der Waals surface area contributed by atoms with E-state index in [1.165, 1.54) is 11.3 Å². The summed E-state index contributed by atoms with van der Waals surface area (Å²) in [7, 11) is 0. The third-order valence-corrected chi connectivity index (χ3v) is 3.68. The maximum absolute atomic E-state index is 13.2. The first-order chi connectivity index (χ1) is 9.36. The van der Waals surface area contributed by atoms with Gasteiger partial charge in [0.2, 0.25) is 0 Å². The fourth-order valence-corrected chi connectivity index (χ4v) is 2.39. The number of halogens is 4. The highest BCUT2D eigenvalue weighted by Gasteiger charge is 2.31. The summed E-state index contributed by atoms with van der Waals surface area (Å²) < 4.78 is 50.9. The number of benzene rings is 1. The van der Waals surface area contributed by atoms with Crippen molar-refractivity contribution in [2.75, 3.05) is 0 Å². The van der Waals surface area contributed by atoms with Gasteiger partial charge >= 0.3 is 6.18 Å². The predicted octanol–water partition coefficient (Wildman–Crippen LogP) is 4.15. The first kappa shape index (κ1) is 14.9. The minimum absolute atomic E-state index is 0.104. The van der Waals surface area contributed by atoms with Crippen molar-refractivity contribution in [1.82, 2.24) is 10.3 Å². The van der Waals surface area contributed by atoms with Crippen LogP contribution < -0.4 is 5.32 Å². The van der Waals surface area contributed by atoms with Gasteiger partial charge in [0.05, 0.1) is 11.6 Å². The third-order valence-electron chi connectivity index (χ3n) is 2.72. The standard InChI is InChI=1S/C13H12F4N2S/c1-8(12-18-2-3-20-12)19-7-9-4-10(13(15,16)17)6-11(14)5-9/h2-6,8,19H,7H2,1H3. The van der Waals surface area contributed by atoms with E-state index in [2.05, 4.69) is 10.3 Å². The van der Waals surface area contributed by atoms with Gasteiger partial charge in [-0.05, 0) is 30.7 Å². The molecule has 1 unspecified atom stereocenters. The summed E-state index contributed by atoms with van der Waals surface area (Å²) in [5.41, 5.74) is -0.725. The monoisotopic (exact) mass is 304 g/mol. The van der Waals surface area contributed by atoms with Crippen LogP contribution in [0.4, 0.5) is 17.6 Å². The van der Waals surface area contributed by atoms with Gasteiger partial charge in [0.15, 0.2) is 0 Å². The van der Waals surface area contributed by atoms with E-state index in [-0.39, 0.29) is 18.2 Å². The van der Waals surface area contributed by atoms with Crippen LogP contribution in [0.5, 0.6) is 0 Å². The lowest BCUT2D eigenvalue weighted by molar-refractivity contribution is -0.137. The van der Waals surface area contributed by atoms with Crippen molar-refractivity contribution in [3.8, 4) is 0 Å². The summed E-state index contributed by atoms with van der Waals surface area (Å²) >= 11 is 1.45. The Morgan fingerprint density at radius 2 is 2.05 bits per heavy atom. The van der Waals surface area contributed by atoms with Crippen molar-refractivity contribution in [1.29, 1.82) is 0 Å². The van der Waals surface area contributed by atoms with Crippen LogP contribution in [-0.4, -0.2) is 4.98 Å². The summed E-state index contributed by atoms with van der Waals surface area (Å²) in [5.74, 6) is -0.890. The highest BCUT2D eigenvalue weighted by atomic mass is 32.1. The van der Waals surface area contributed by atoms with Crippen molar-refractivity contribution < 1.29 is 17.6 Å². The summed E-state index contributed by atoms with van der Waals surface area (Å²) in [6.45, 7) is 1.99. The molecule has 0 aliphatic carbocycles. The van der Waals surface area contributed by atoms with E-state index >= 15 is 0 Å². The molecule has 108 valence electrons. The largest absolute Gasteiger partial charge is 0.416 e. The molecule has 0 bridgehead atoms. The van der Waals surface area contributed by atoms with Gasteiger partial charge in [-0.2, -0.15) is 13.2 Å². The zero-order valence-corrected chi connectivity index (χ0v) is 11.4. The molecular weight excluding hydrogens is 292 g/mol. The average molecular weight is 304 g/mol. The molecule has 0 saturated heterocycles. The Balaban J connectivity index is 2.08. The first-order valence-electron chi connectivity index (χ1n) is 5.85. The van der Waals surface area contributed by atoms with Gasteiger partial charge in [0.1, 0.15) is 10.8 Å². The second-order valence-electron chi connectivity index (χ2n) is 4.32. The molecule has 0 fully saturated rings. The van der Waals surface area contributed by atoms with Crippen LogP contribution in [0, 0.1) is 5.82 Å². The molecule has 0 spiro atoms. The van der Waals surface area contributed by atoms with E-state index in [4.69, 9.17) is 0 Å². The molecule has 0 aliphatic rings. The molecular formula is C13H12F4N2S. The molecule has 0 saturated carbocycles. The average Bonchev–Trinajstić information content (AvgIpc) is 2.88. The molecule has 1 atom stereocenters. The molecule has 0 radical (unpaired) electrons. The summed E-state index contributed by atoms with van der Waals surface area (Å²) in [6, 6.07) is 2.43. The van der Waals surface area contributed by atoms with Crippen LogP contribution in [0.1, 0.15) is 29.1 Å². The number of thiazole rings is 1. The van der Waals surface area contributed by atoms with Gasteiger partial charge in [-0.3, -0.25) is 0 Å². The van der Waals surface area contributed by atoms with Crippen LogP contribution in [0.2, 0.25) is 0 Å². The first-order valence-corrected chi connectivity index (χ1v) is 6.73. The normalized spacial score (nSPS) is 13.4. The molecule has 1 heterocycles. The number of alkyl halides is 3. The van der Waals surface area contributed by atoms with Gasteiger partial charge in [-0.15, -0.1) is 11.3 Å². The summed E-state index contributed by atoms with van der Waals surface area (Å²) in [6.07, 6.45) is -2.89. The second-order valence-corrected chi connectivity index (χ2v) is 5.24. The topological polar surface area (TPSA) is 24.9 Å². The van der Waals surface area contributed by atoms with Crippen molar-refractivity contribution >= 4 is 11.3 Å². The van der Waals surface area contributed by atoms with Crippen LogP contribution >= 0.6 is 11.3 Å². The fraction of sp³-hybridized carbons (Fsp3) is 0.308. The Morgan fingerprint density at radius 3 is 2.65 bits per heavy atom. The number of hydrogen-bond donors (Lipinski definition) is 1. The lowest BCUT2D eigenvalue weighted by Gasteiger charge is -2.13. The van der Waals surface area contributed by atoms with E-state index in [1.807, 2.05) is 12.3 Å². The van der Waals surface area contributed by atoms with E-state index in [0.29, 0.717) is 6.07 Å². The number of rotatable bonds is 4. The lowest BCUT2D eigenvalue weighted by atomic mass is 10.1. The minimum Gasteiger partial charge on any atom is -0.304 e. The molecule has 1 N–H and O–H groups in total. The van der Waals surface area contributed by atoms with Crippen molar-refractivity contribution in [3.05, 3.63) is 51.7 Å². The van der Waals surface area contributed by atoms with Crippen LogP contribution in [0.3, 0.4) is 0 Å². The van der Waals surface area contributed by atoms with E-state index < -0.39 is 17.6 Å². The van der Waals surface area contributed by atoms with Gasteiger partial charge in [-0.1, -0.05) is 0 Å². The van der Waals surface area contributed by atoms with Gasteiger partial charge < -0.3 is 5.32 Å². The number of hydrogen-bond acceptors (Lipinski definition) is 3. The molecule has 1 aromatic carbocycles. The van der Waals surface area contributed by atoms with Gasteiger partial charge in [0, 0.05) is 18.1 Å². The third kappa shape index (κ3) is 3.77. The van der Waals surface area contributed by atoms with Crippen LogP contribution in [-0.2, 0) is 12.7 Å². The van der Waals surface area contributed by atoms with E-state index in [0.717, 1.165) is 17.1 Å². The zero-order chi connectivity index (χ0) is 14.8. The fourth-order valence-electron chi connectivity index (χ4n) is 1.72. The highest BCUT2D eigenvalue weighted by Crippen LogP contribution is 2.30. The SMILES string of the molecule is CC(NCc1cc(F)cc(C(F)(F)F)c1)c1nccs1. The molecule has 2 aromatic rings. The van der Waals surface area contributed by atoms with Crippen molar-refractivity contribution in [2.24, 2.45) is 0 Å². The second kappa shape index (κ2) is 5.88. The maximum Gasteiger partial charge on any atom is 0.416 e. The Hall–Kier alpha value is -1.47. The molecule has 7 heteroatoms. The maximum atomic E-state index is 13.2. The molecule has 0 aliphatic heterocycles. The van der Waals surface area contributed by atoms with E-state index in [1.54, 1.807) is 6.20 Å². The van der Waals surface area contributed by atoms with Crippen LogP contribution in [0.15, 0.2) is 29.8 Å². The quantitative estimate of drug-likeness (QED) is 0.858. The lowest BCUT2D eigenvalue weighted by Crippen LogP contribution is -2.18. The smallest absolute Gasteiger partial charge is 0.304 e. The minimum atomic E-state index is -4.54. The van der Waals surface area contributed by atoms with Crippen molar-refractivity contribution in [2.45, 2.75) is 25.7 Å². The van der Waals surface area contributed by atoms with Crippen LogP contribution in [0.25, 0.3) is 0 Å². The highest BCUT2D eigenvalue weighted by molar-refractivity contribution is 7.09. The van der Waals surface area contributed by atoms with Gasteiger partial charge in [-0.25, -0.2) is 9.37 Å². The predicted molar refractivity (Wildman–Crippen MR) is 68.8 cm³/mol. The van der Waals surface area contributed by atoms with Crippen molar-refractivity contribution in [3.63, 3.8) is 0 Å². The summed E-state index contributed by atoms with van der Waals surface area (Å²) in [5, 5.41) is 5.67. The number of nitrogens with one attached hydrogen (secondary N) is 1. The molecule has 20 heavy (non-hydrogen) atoms. The molecule has 0 amide bonds. The van der Waals surface area contributed by atoms with Gasteiger partial charge in [0.25, 0.3) is 0 Å².